The van der Waals surface area contributed by atoms with Gasteiger partial charge in [0.1, 0.15) is 0 Å². The van der Waals surface area contributed by atoms with Gasteiger partial charge < -0.3 is 37.2 Å². The van der Waals surface area contributed by atoms with E-state index in [-0.39, 0.29) is 69.0 Å². The number of rotatable bonds is 4. The Balaban J connectivity index is 0.00000324. The molecule has 4 aromatic carbocycles. The molecule has 37 heavy (non-hydrogen) atoms. The fraction of sp³-hybridized carbons (Fsp3) is 0.0455. The van der Waals surface area contributed by atoms with Gasteiger partial charge in [-0.05, 0) is 0 Å². The number of fused-ring (bicyclic) bond motifs is 1. The van der Waals surface area contributed by atoms with Crippen molar-refractivity contribution < 1.29 is 107 Å². The van der Waals surface area contributed by atoms with Crippen molar-refractivity contribution in [1.82, 2.24) is 0 Å². The Bertz CT molecular complexity index is 1270. The second-order valence-electron chi connectivity index (χ2n) is 7.22. The van der Waals surface area contributed by atoms with E-state index in [1.54, 1.807) is 24.3 Å². The summed E-state index contributed by atoms with van der Waals surface area (Å²) < 4.78 is 141. The van der Waals surface area contributed by atoms with Crippen LogP contribution in [0.3, 0.4) is 0 Å². The summed E-state index contributed by atoms with van der Waals surface area (Å²) in [5.41, 5.74) is -3.35. The van der Waals surface area contributed by atoms with Crippen molar-refractivity contribution >= 4 is 28.4 Å². The molecule has 0 bridgehead atoms. The number of hydrogen-bond donors (Lipinski definition) is 0. The molecule has 0 aliphatic rings. The van der Waals surface area contributed by atoms with Crippen LogP contribution in [0.25, 0.3) is 10.8 Å². The molecule has 0 unspecified atom stereocenters. The molecule has 0 N–H and O–H groups in total. The molecule has 0 heterocycles. The van der Waals surface area contributed by atoms with Gasteiger partial charge in [-0.25, -0.2) is 43.9 Å². The van der Waals surface area contributed by atoms with E-state index in [9.17, 15) is 43.9 Å². The maximum absolute atomic E-state index is 14.6. The second-order valence-corrected chi connectivity index (χ2v) is 7.22. The first kappa shape index (κ1) is 35.4. The van der Waals surface area contributed by atoms with Crippen molar-refractivity contribution in [2.45, 2.75) is 6.32 Å². The third-order valence-electron chi connectivity index (χ3n) is 5.30. The normalized spacial score (nSPS) is 10.2. The molecular weight excluding hydrogens is 663 g/mol. The number of benzene rings is 3. The zero-order valence-corrected chi connectivity index (χ0v) is 22.4. The zero-order valence-electron chi connectivity index (χ0n) is 17.7. The Hall–Kier alpha value is -1.61. The first-order valence-corrected chi connectivity index (χ1v) is 9.21. The van der Waals surface area contributed by atoms with E-state index in [0.717, 1.165) is 0 Å². The van der Waals surface area contributed by atoms with Crippen LogP contribution in [0.4, 0.5) is 43.9 Å². The predicted molar refractivity (Wildman–Crippen MR) is 101 cm³/mol. The van der Waals surface area contributed by atoms with Gasteiger partial charge in [0, 0.05) is 10.9 Å². The molecule has 0 radical (unpaired) electrons. The Kier molecular flexibility index (Phi) is 12.9. The SMILES string of the molecule is Fc1c(F)c(F)c(B(Cc2cc3ccccc3[cH-]2)c2c(F)c(F)c(F)c(F)c2F)c(F)c1F.[Cl-].[Cl-].[Cl-].[Zr+4]. The van der Waals surface area contributed by atoms with E-state index in [1.807, 2.05) is 0 Å². The molecule has 0 saturated heterocycles. The molecule has 4 rings (SSSR count). The average molecular weight is 671 g/mol. The summed E-state index contributed by atoms with van der Waals surface area (Å²) in [7, 11) is 0. The molecule has 0 nitrogen and oxygen atoms in total. The average Bonchev–Trinajstić information content (AvgIpc) is 3.21. The summed E-state index contributed by atoms with van der Waals surface area (Å²) in [5.74, 6) is -24.6. The third kappa shape index (κ3) is 6.02. The topological polar surface area (TPSA) is 0 Å². The molecule has 0 fully saturated rings. The molecule has 194 valence electrons. The van der Waals surface area contributed by atoms with Crippen molar-refractivity contribution in [3.05, 3.63) is 100 Å². The van der Waals surface area contributed by atoms with Crippen LogP contribution in [0.15, 0.2) is 36.4 Å². The van der Waals surface area contributed by atoms with Crippen molar-refractivity contribution in [3.8, 4) is 0 Å². The van der Waals surface area contributed by atoms with Crippen molar-refractivity contribution in [2.24, 2.45) is 0 Å². The smallest absolute Gasteiger partial charge is 1.00 e. The van der Waals surface area contributed by atoms with Gasteiger partial charge in [0.25, 0.3) is 0 Å². The van der Waals surface area contributed by atoms with Crippen molar-refractivity contribution in [2.75, 3.05) is 0 Å². The van der Waals surface area contributed by atoms with Gasteiger partial charge in [-0.1, -0.05) is 12.4 Å². The maximum atomic E-state index is 14.6. The fourth-order valence-electron chi connectivity index (χ4n) is 3.77. The first-order chi connectivity index (χ1) is 15.5. The summed E-state index contributed by atoms with van der Waals surface area (Å²) in [6.45, 7) is -2.45. The summed E-state index contributed by atoms with van der Waals surface area (Å²) in [5, 5.41) is 1.11. The molecule has 0 saturated carbocycles. The van der Waals surface area contributed by atoms with Gasteiger partial charge >= 0.3 is 26.2 Å². The van der Waals surface area contributed by atoms with E-state index < -0.39 is 82.1 Å². The molecule has 0 aliphatic heterocycles. The summed E-state index contributed by atoms with van der Waals surface area (Å²) in [4.78, 5) is 0. The summed E-state index contributed by atoms with van der Waals surface area (Å²) >= 11 is 0. The fourth-order valence-corrected chi connectivity index (χ4v) is 3.77. The van der Waals surface area contributed by atoms with Crippen LogP contribution >= 0.6 is 0 Å². The van der Waals surface area contributed by atoms with Crippen molar-refractivity contribution in [3.63, 3.8) is 0 Å². The Morgan fingerprint density at radius 2 is 0.892 bits per heavy atom. The maximum Gasteiger partial charge on any atom is 4.00 e. The van der Waals surface area contributed by atoms with Gasteiger partial charge in [-0.15, -0.1) is 40.6 Å². The standard InChI is InChI=1S/C22H8BF10.3ClH.Zr/c24-13-11(14(25)18(29)21(32)17(13)28)23(7-8-5-9-3-1-2-4-10(9)6-8)12-15(26)19(30)22(33)20(31)16(12)27;;;;/h1-6H,7H2;3*1H;/q-1;;;;+4/p-3. The minimum atomic E-state index is -2.54. The minimum absolute atomic E-state index is 0. The molecule has 15 heteroatoms. The van der Waals surface area contributed by atoms with Crippen LogP contribution in [-0.4, -0.2) is 6.71 Å². The molecule has 0 amide bonds. The molecule has 0 aliphatic carbocycles. The minimum Gasteiger partial charge on any atom is -1.00 e. The van der Waals surface area contributed by atoms with Crippen LogP contribution < -0.4 is 48.1 Å². The van der Waals surface area contributed by atoms with Crippen LogP contribution in [0.1, 0.15) is 5.56 Å². The monoisotopic (exact) mass is 668 g/mol. The third-order valence-corrected chi connectivity index (χ3v) is 5.30. The predicted octanol–water partition coefficient (Wildman–Crippen LogP) is -3.65. The number of hydrogen-bond acceptors (Lipinski definition) is 0. The Morgan fingerprint density at radius 1 is 0.541 bits per heavy atom. The molecule has 0 aromatic heterocycles. The number of halogens is 13. The van der Waals surface area contributed by atoms with E-state index in [1.165, 1.54) is 12.1 Å². The van der Waals surface area contributed by atoms with Crippen LogP contribution in [0.5, 0.6) is 0 Å². The second kappa shape index (κ2) is 13.4. The van der Waals surface area contributed by atoms with Gasteiger partial charge in [0.05, 0.1) is 0 Å². The summed E-state index contributed by atoms with van der Waals surface area (Å²) in [6.07, 6.45) is -0.842. The first-order valence-electron chi connectivity index (χ1n) is 9.21. The van der Waals surface area contributed by atoms with Crippen molar-refractivity contribution in [1.29, 1.82) is 0 Å². The van der Waals surface area contributed by atoms with Gasteiger partial charge in [-0.3, -0.25) is 0 Å². The summed E-state index contributed by atoms with van der Waals surface area (Å²) in [6, 6.07) is 9.23. The molecule has 4 aromatic rings. The van der Waals surface area contributed by atoms with Gasteiger partial charge in [0.15, 0.2) is 58.2 Å². The van der Waals surface area contributed by atoms with Gasteiger partial charge in [0.2, 0.25) is 6.71 Å². The van der Waals surface area contributed by atoms with E-state index in [0.29, 0.717) is 10.8 Å². The Labute approximate surface area is 241 Å². The molecule has 0 atom stereocenters. The van der Waals surface area contributed by atoms with E-state index in [2.05, 4.69) is 0 Å². The molecular formula is C22H8BCl3F10Zr. The van der Waals surface area contributed by atoms with Crippen LogP contribution in [-0.2, 0) is 32.5 Å². The molecule has 0 spiro atoms. The zero-order chi connectivity index (χ0) is 24.2. The Morgan fingerprint density at radius 3 is 1.27 bits per heavy atom. The van der Waals surface area contributed by atoms with Gasteiger partial charge in [-0.2, -0.15) is 6.07 Å². The quantitative estimate of drug-likeness (QED) is 0.0692. The van der Waals surface area contributed by atoms with E-state index >= 15 is 0 Å². The largest absolute Gasteiger partial charge is 4.00 e. The van der Waals surface area contributed by atoms with Crippen LogP contribution in [0.2, 0.25) is 0 Å². The van der Waals surface area contributed by atoms with Crippen LogP contribution in [0, 0.1) is 58.2 Å². The van der Waals surface area contributed by atoms with E-state index in [4.69, 9.17) is 0 Å².